The maximum atomic E-state index is 12.6. The molecular weight excluding hydrogens is 299 g/mol. The van der Waals surface area contributed by atoms with Crippen LogP contribution in [0.4, 0.5) is 13.2 Å². The minimum absolute atomic E-state index is 0.136. The topological polar surface area (TPSA) is 37.8 Å². The number of halogens is 3. The van der Waals surface area contributed by atoms with Crippen molar-refractivity contribution in [2.75, 3.05) is 6.54 Å². The van der Waals surface area contributed by atoms with Crippen LogP contribution in [0.25, 0.3) is 0 Å². The smallest absolute Gasteiger partial charge is 0.309 e. The normalized spacial score (nSPS) is 13.4. The average molecular weight is 315 g/mol. The molecule has 7 heteroatoms. The largest absolute Gasteiger partial charge is 0.417 e. The highest BCUT2D eigenvalue weighted by atomic mass is 32.1. The van der Waals surface area contributed by atoms with Crippen molar-refractivity contribution in [2.45, 2.75) is 32.5 Å². The summed E-state index contributed by atoms with van der Waals surface area (Å²) < 4.78 is 37.7. The molecule has 0 saturated heterocycles. The van der Waals surface area contributed by atoms with E-state index in [0.29, 0.717) is 18.7 Å². The predicted octanol–water partition coefficient (Wildman–Crippen LogP) is 3.76. The molecule has 1 atom stereocenters. The fourth-order valence-electron chi connectivity index (χ4n) is 1.98. The molecule has 0 aromatic carbocycles. The highest BCUT2D eigenvalue weighted by molar-refractivity contribution is 7.09. The minimum Gasteiger partial charge on any atom is -0.309 e. The van der Waals surface area contributed by atoms with Crippen molar-refractivity contribution < 1.29 is 13.2 Å². The molecule has 0 radical (unpaired) electrons. The zero-order valence-corrected chi connectivity index (χ0v) is 12.6. The molecule has 114 valence electrons. The summed E-state index contributed by atoms with van der Waals surface area (Å²) in [5, 5.41) is 6.14. The molecule has 0 aliphatic carbocycles. The Bertz CT molecular complexity index is 578. The second-order valence-electron chi connectivity index (χ2n) is 4.67. The summed E-state index contributed by atoms with van der Waals surface area (Å²) in [4.78, 5) is 8.35. The molecule has 2 heterocycles. The molecule has 0 fully saturated rings. The van der Waals surface area contributed by atoms with Crippen molar-refractivity contribution >= 4 is 11.3 Å². The van der Waals surface area contributed by atoms with Gasteiger partial charge in [0.15, 0.2) is 0 Å². The fourth-order valence-corrected chi connectivity index (χ4v) is 2.80. The van der Waals surface area contributed by atoms with Crippen molar-refractivity contribution in [3.8, 4) is 0 Å². The van der Waals surface area contributed by atoms with Gasteiger partial charge in [0.05, 0.1) is 22.3 Å². The third kappa shape index (κ3) is 4.25. The van der Waals surface area contributed by atoms with Gasteiger partial charge in [-0.3, -0.25) is 4.98 Å². The lowest BCUT2D eigenvalue weighted by atomic mass is 10.1. The number of aryl methyl sites for hydroxylation is 1. The van der Waals surface area contributed by atoms with Crippen LogP contribution >= 0.6 is 11.3 Å². The van der Waals surface area contributed by atoms with Crippen LogP contribution in [0.5, 0.6) is 0 Å². The van der Waals surface area contributed by atoms with Gasteiger partial charge in [0, 0.05) is 23.7 Å². The molecule has 1 unspecified atom stereocenters. The first-order valence-corrected chi connectivity index (χ1v) is 7.45. The van der Waals surface area contributed by atoms with Crippen LogP contribution in [0.2, 0.25) is 0 Å². The molecular formula is C14H16F3N3S. The van der Waals surface area contributed by atoms with E-state index in [2.05, 4.69) is 15.3 Å². The number of hydrogen-bond donors (Lipinski definition) is 1. The summed E-state index contributed by atoms with van der Waals surface area (Å²) >= 11 is 1.55. The Balaban J connectivity index is 2.17. The van der Waals surface area contributed by atoms with Crippen molar-refractivity contribution in [1.29, 1.82) is 0 Å². The highest BCUT2D eigenvalue weighted by Crippen LogP contribution is 2.29. The molecule has 0 amide bonds. The minimum atomic E-state index is -4.36. The highest BCUT2D eigenvalue weighted by Gasteiger charge is 2.31. The monoisotopic (exact) mass is 315 g/mol. The maximum absolute atomic E-state index is 12.6. The molecule has 0 spiro atoms. The fraction of sp³-hybridized carbons (Fsp3) is 0.429. The zero-order valence-electron chi connectivity index (χ0n) is 11.7. The number of pyridine rings is 1. The molecule has 0 bridgehead atoms. The van der Waals surface area contributed by atoms with E-state index < -0.39 is 11.7 Å². The van der Waals surface area contributed by atoms with E-state index in [9.17, 15) is 13.2 Å². The van der Waals surface area contributed by atoms with Gasteiger partial charge in [-0.15, -0.1) is 11.3 Å². The predicted molar refractivity (Wildman–Crippen MR) is 76.2 cm³/mol. The Labute approximate surface area is 125 Å². The van der Waals surface area contributed by atoms with Gasteiger partial charge in [0.2, 0.25) is 0 Å². The molecule has 21 heavy (non-hydrogen) atoms. The van der Waals surface area contributed by atoms with Crippen LogP contribution in [0.15, 0.2) is 23.7 Å². The van der Waals surface area contributed by atoms with E-state index in [1.165, 1.54) is 6.07 Å². The Hall–Kier alpha value is -1.47. The van der Waals surface area contributed by atoms with Gasteiger partial charge in [-0.05, 0) is 25.6 Å². The first-order valence-electron chi connectivity index (χ1n) is 6.57. The molecule has 2 aromatic rings. The van der Waals surface area contributed by atoms with E-state index in [4.69, 9.17) is 0 Å². The molecule has 1 N–H and O–H groups in total. The standard InChI is InChI=1S/C14H16F3N3S/c1-3-18-12(6-13-20-9(2)8-21-13)11-5-4-10(7-19-11)14(15,16)17/h4-5,7-8,12,18H,3,6H2,1-2H3. The van der Waals surface area contributed by atoms with Gasteiger partial charge in [-0.1, -0.05) is 6.92 Å². The van der Waals surface area contributed by atoms with Gasteiger partial charge < -0.3 is 5.32 Å². The Kier molecular flexibility index (Phi) is 4.95. The molecule has 2 aromatic heterocycles. The van der Waals surface area contributed by atoms with Gasteiger partial charge in [-0.25, -0.2) is 4.98 Å². The van der Waals surface area contributed by atoms with Crippen LogP contribution in [-0.4, -0.2) is 16.5 Å². The van der Waals surface area contributed by atoms with Gasteiger partial charge in [0.1, 0.15) is 0 Å². The zero-order chi connectivity index (χ0) is 15.5. The summed E-state index contributed by atoms with van der Waals surface area (Å²) in [5.41, 5.74) is 0.815. The van der Waals surface area contributed by atoms with Crippen molar-refractivity contribution in [2.24, 2.45) is 0 Å². The summed E-state index contributed by atoms with van der Waals surface area (Å²) in [6.45, 7) is 4.57. The van der Waals surface area contributed by atoms with E-state index in [1.807, 2.05) is 19.2 Å². The van der Waals surface area contributed by atoms with E-state index >= 15 is 0 Å². The van der Waals surface area contributed by atoms with Crippen molar-refractivity contribution in [3.63, 3.8) is 0 Å². The van der Waals surface area contributed by atoms with E-state index in [-0.39, 0.29) is 6.04 Å². The SMILES string of the molecule is CCNC(Cc1nc(C)cs1)c1ccc(C(F)(F)F)cn1. The molecule has 3 nitrogen and oxygen atoms in total. The van der Waals surface area contributed by atoms with Crippen LogP contribution in [0.3, 0.4) is 0 Å². The number of nitrogens with zero attached hydrogens (tertiary/aromatic N) is 2. The second kappa shape index (κ2) is 6.53. The molecule has 0 aliphatic rings. The quantitative estimate of drug-likeness (QED) is 0.913. The number of thiazole rings is 1. The summed E-state index contributed by atoms with van der Waals surface area (Å²) in [6.07, 6.45) is -2.86. The van der Waals surface area contributed by atoms with Gasteiger partial charge in [-0.2, -0.15) is 13.2 Å². The molecule has 0 saturated carbocycles. The second-order valence-corrected chi connectivity index (χ2v) is 5.61. The Morgan fingerprint density at radius 3 is 2.57 bits per heavy atom. The average Bonchev–Trinajstić information content (AvgIpc) is 2.83. The lowest BCUT2D eigenvalue weighted by molar-refractivity contribution is -0.137. The number of alkyl halides is 3. The molecule has 2 rings (SSSR count). The number of nitrogens with one attached hydrogen (secondary N) is 1. The first kappa shape index (κ1) is 15.9. The number of likely N-dealkylation sites (N-methyl/N-ethyl adjacent to an activating group) is 1. The van der Waals surface area contributed by atoms with Crippen molar-refractivity contribution in [3.05, 3.63) is 45.7 Å². The van der Waals surface area contributed by atoms with Gasteiger partial charge >= 0.3 is 6.18 Å². The third-order valence-electron chi connectivity index (χ3n) is 2.97. The number of rotatable bonds is 5. The van der Waals surface area contributed by atoms with Crippen LogP contribution in [0.1, 0.15) is 34.9 Å². The number of hydrogen-bond acceptors (Lipinski definition) is 4. The Morgan fingerprint density at radius 1 is 1.33 bits per heavy atom. The van der Waals surface area contributed by atoms with Crippen LogP contribution in [0, 0.1) is 6.92 Å². The first-order chi connectivity index (χ1) is 9.90. The lowest BCUT2D eigenvalue weighted by Gasteiger charge is -2.17. The van der Waals surface area contributed by atoms with Crippen molar-refractivity contribution in [1.82, 2.24) is 15.3 Å². The van der Waals surface area contributed by atoms with Crippen LogP contribution in [-0.2, 0) is 12.6 Å². The van der Waals surface area contributed by atoms with Gasteiger partial charge in [0.25, 0.3) is 0 Å². The third-order valence-corrected chi connectivity index (χ3v) is 3.96. The summed E-state index contributed by atoms with van der Waals surface area (Å²) in [6, 6.07) is 2.36. The lowest BCUT2D eigenvalue weighted by Crippen LogP contribution is -2.24. The Morgan fingerprint density at radius 2 is 2.10 bits per heavy atom. The van der Waals surface area contributed by atoms with E-state index in [1.54, 1.807) is 11.3 Å². The number of aromatic nitrogens is 2. The van der Waals surface area contributed by atoms with E-state index in [0.717, 1.165) is 23.0 Å². The summed E-state index contributed by atoms with van der Waals surface area (Å²) in [5.74, 6) is 0. The summed E-state index contributed by atoms with van der Waals surface area (Å²) in [7, 11) is 0. The van der Waals surface area contributed by atoms with Crippen LogP contribution < -0.4 is 5.32 Å². The maximum Gasteiger partial charge on any atom is 0.417 e. The molecule has 0 aliphatic heterocycles.